The molecule has 1 saturated heterocycles. The smallest absolute Gasteiger partial charge is 0.410 e. The zero-order chi connectivity index (χ0) is 30.0. The van der Waals surface area contributed by atoms with Crippen LogP contribution in [-0.2, 0) is 24.3 Å². The fourth-order valence-electron chi connectivity index (χ4n) is 4.13. The summed E-state index contributed by atoms with van der Waals surface area (Å²) in [5.41, 5.74) is 0.189. The quantitative estimate of drug-likeness (QED) is 0.356. The number of carbonyl (C=O) groups is 2. The number of hydrogen-bond donors (Lipinski definition) is 0. The molecule has 222 valence electrons. The Kier molecular flexibility index (Phi) is 10.8. The molecule has 1 fully saturated rings. The Morgan fingerprint density at radius 2 is 1.76 bits per heavy atom. The maximum Gasteiger partial charge on any atom is 0.410 e. The first-order valence-corrected chi connectivity index (χ1v) is 15.0. The third kappa shape index (κ3) is 9.86. The molecule has 1 amide bonds. The average Bonchev–Trinajstić information content (AvgIpc) is 2.91. The molecule has 0 bridgehead atoms. The molecule has 1 aliphatic rings. The number of amides is 1. The van der Waals surface area contributed by atoms with Crippen LogP contribution in [0.25, 0.3) is 0 Å². The SMILES string of the molecule is CCOC(=O)CS(=O)(=O)N(CCOc1cccc(C#N)c1)c1ccc(OC2CCN(C(=O)OC(C)(C)C)CC2)cc1. The van der Waals surface area contributed by atoms with E-state index in [2.05, 4.69) is 0 Å². The van der Waals surface area contributed by atoms with Gasteiger partial charge in [0.05, 0.1) is 30.5 Å². The lowest BCUT2D eigenvalue weighted by atomic mass is 10.1. The number of hydrogen-bond acceptors (Lipinski definition) is 9. The van der Waals surface area contributed by atoms with E-state index < -0.39 is 27.3 Å². The van der Waals surface area contributed by atoms with Crippen LogP contribution in [0.15, 0.2) is 48.5 Å². The standard InChI is InChI=1S/C29H37N3O8S/c1-5-37-27(33)21-41(35,36)32(17-18-38-26-8-6-7-22(19-26)20-30)23-9-11-24(12-10-23)39-25-13-15-31(16-14-25)28(34)40-29(2,3)4/h6-12,19,25H,5,13-18,21H2,1-4H3. The number of benzene rings is 2. The van der Waals surface area contributed by atoms with E-state index in [0.29, 0.717) is 48.7 Å². The van der Waals surface area contributed by atoms with Crippen molar-refractivity contribution in [1.29, 1.82) is 5.26 Å². The van der Waals surface area contributed by atoms with Crippen molar-refractivity contribution >= 4 is 27.8 Å². The van der Waals surface area contributed by atoms with Gasteiger partial charge in [-0.1, -0.05) is 6.07 Å². The molecular formula is C29H37N3O8S. The van der Waals surface area contributed by atoms with Crippen LogP contribution in [0.3, 0.4) is 0 Å². The van der Waals surface area contributed by atoms with E-state index in [1.807, 2.05) is 26.8 Å². The Bertz CT molecular complexity index is 1330. The highest BCUT2D eigenvalue weighted by Gasteiger charge is 2.29. The molecular weight excluding hydrogens is 550 g/mol. The van der Waals surface area contributed by atoms with Gasteiger partial charge in [-0.3, -0.25) is 9.10 Å². The van der Waals surface area contributed by atoms with Gasteiger partial charge in [0.1, 0.15) is 29.8 Å². The molecule has 1 heterocycles. The van der Waals surface area contributed by atoms with E-state index in [1.165, 1.54) is 0 Å². The minimum absolute atomic E-state index is 0.0224. The van der Waals surface area contributed by atoms with Crippen molar-refractivity contribution in [2.24, 2.45) is 0 Å². The third-order valence-electron chi connectivity index (χ3n) is 5.99. The van der Waals surface area contributed by atoms with Crippen molar-refractivity contribution in [3.8, 4) is 17.6 Å². The molecule has 11 nitrogen and oxygen atoms in total. The maximum atomic E-state index is 13.2. The van der Waals surface area contributed by atoms with Crippen LogP contribution in [0.1, 0.15) is 46.1 Å². The second-order valence-electron chi connectivity index (χ2n) is 10.4. The minimum atomic E-state index is -4.10. The Hall–Kier alpha value is -3.98. The lowest BCUT2D eigenvalue weighted by Gasteiger charge is -2.33. The summed E-state index contributed by atoms with van der Waals surface area (Å²) >= 11 is 0. The van der Waals surface area contributed by atoms with Crippen molar-refractivity contribution in [2.45, 2.75) is 52.2 Å². The van der Waals surface area contributed by atoms with Crippen LogP contribution in [0.5, 0.6) is 11.5 Å². The summed E-state index contributed by atoms with van der Waals surface area (Å²) in [5.74, 6) is -0.693. The molecule has 12 heteroatoms. The Morgan fingerprint density at radius 3 is 2.37 bits per heavy atom. The van der Waals surface area contributed by atoms with Crippen LogP contribution in [-0.4, -0.2) is 75.7 Å². The van der Waals surface area contributed by atoms with E-state index in [9.17, 15) is 18.0 Å². The first-order chi connectivity index (χ1) is 19.4. The van der Waals surface area contributed by atoms with Gasteiger partial charge in [-0.15, -0.1) is 0 Å². The topological polar surface area (TPSA) is 135 Å². The zero-order valence-electron chi connectivity index (χ0n) is 23.9. The van der Waals surface area contributed by atoms with Gasteiger partial charge in [-0.05, 0) is 70.2 Å². The summed E-state index contributed by atoms with van der Waals surface area (Å²) in [6.45, 7) is 8.07. The molecule has 0 radical (unpaired) electrons. The molecule has 0 saturated carbocycles. The molecule has 0 atom stereocenters. The van der Waals surface area contributed by atoms with Gasteiger partial charge >= 0.3 is 12.1 Å². The lowest BCUT2D eigenvalue weighted by molar-refractivity contribution is -0.139. The molecule has 1 aliphatic heterocycles. The Labute approximate surface area is 241 Å². The number of esters is 1. The highest BCUT2D eigenvalue weighted by molar-refractivity contribution is 7.93. The molecule has 0 unspecified atom stereocenters. The van der Waals surface area contributed by atoms with Gasteiger partial charge in [0, 0.05) is 25.9 Å². The minimum Gasteiger partial charge on any atom is -0.492 e. The number of sulfonamides is 1. The molecule has 0 N–H and O–H groups in total. The van der Waals surface area contributed by atoms with Gasteiger partial charge in [0.15, 0.2) is 5.75 Å². The Morgan fingerprint density at radius 1 is 1.07 bits per heavy atom. The normalized spacial score (nSPS) is 14.1. The number of nitrogens with zero attached hydrogens (tertiary/aromatic N) is 3. The highest BCUT2D eigenvalue weighted by Crippen LogP contribution is 2.26. The van der Waals surface area contributed by atoms with Gasteiger partial charge in [0.25, 0.3) is 0 Å². The van der Waals surface area contributed by atoms with Crippen LogP contribution in [0.2, 0.25) is 0 Å². The fraction of sp³-hybridized carbons (Fsp3) is 0.483. The summed E-state index contributed by atoms with van der Waals surface area (Å²) in [5, 5.41) is 9.09. The van der Waals surface area contributed by atoms with Crippen molar-refractivity contribution < 1.29 is 37.0 Å². The number of anilines is 1. The third-order valence-corrected chi connectivity index (χ3v) is 7.65. The summed E-state index contributed by atoms with van der Waals surface area (Å²) in [7, 11) is -4.10. The maximum absolute atomic E-state index is 13.2. The number of piperidine rings is 1. The monoisotopic (exact) mass is 587 g/mol. The number of rotatable bonds is 11. The van der Waals surface area contributed by atoms with Crippen molar-refractivity contribution in [1.82, 2.24) is 4.90 Å². The van der Waals surface area contributed by atoms with Gasteiger partial charge in [-0.25, -0.2) is 13.2 Å². The van der Waals surface area contributed by atoms with Crippen molar-refractivity contribution in [3.63, 3.8) is 0 Å². The number of carbonyl (C=O) groups excluding carboxylic acids is 2. The van der Waals surface area contributed by atoms with E-state index in [0.717, 1.165) is 4.31 Å². The molecule has 0 aliphatic carbocycles. The zero-order valence-corrected chi connectivity index (χ0v) is 24.7. The Balaban J connectivity index is 1.66. The average molecular weight is 588 g/mol. The van der Waals surface area contributed by atoms with Crippen LogP contribution >= 0.6 is 0 Å². The van der Waals surface area contributed by atoms with Crippen LogP contribution < -0.4 is 13.8 Å². The second-order valence-corrected chi connectivity index (χ2v) is 12.3. The lowest BCUT2D eigenvalue weighted by Crippen LogP contribution is -2.44. The van der Waals surface area contributed by atoms with Crippen LogP contribution in [0, 0.1) is 11.3 Å². The number of nitriles is 1. The van der Waals surface area contributed by atoms with Gasteiger partial charge in [-0.2, -0.15) is 5.26 Å². The first-order valence-electron chi connectivity index (χ1n) is 13.4. The first kappa shape index (κ1) is 31.5. The van der Waals surface area contributed by atoms with Crippen LogP contribution in [0.4, 0.5) is 10.5 Å². The summed E-state index contributed by atoms with van der Waals surface area (Å²) in [4.78, 5) is 26.0. The summed E-state index contributed by atoms with van der Waals surface area (Å²) in [6.07, 6.45) is 0.809. The van der Waals surface area contributed by atoms with Gasteiger partial charge < -0.3 is 23.8 Å². The largest absolute Gasteiger partial charge is 0.492 e. The fourth-order valence-corrected chi connectivity index (χ4v) is 5.46. The van der Waals surface area contributed by atoms with Crippen molar-refractivity contribution in [3.05, 3.63) is 54.1 Å². The number of ether oxygens (including phenoxy) is 4. The molecule has 3 rings (SSSR count). The van der Waals surface area contributed by atoms with E-state index in [1.54, 1.807) is 60.4 Å². The molecule has 41 heavy (non-hydrogen) atoms. The second kappa shape index (κ2) is 14.1. The predicted molar refractivity (Wildman–Crippen MR) is 152 cm³/mol. The summed E-state index contributed by atoms with van der Waals surface area (Å²) < 4.78 is 49.5. The number of likely N-dealkylation sites (tertiary alicyclic amines) is 1. The molecule has 0 spiro atoms. The molecule has 2 aromatic rings. The van der Waals surface area contributed by atoms with Crippen molar-refractivity contribution in [2.75, 3.05) is 42.9 Å². The highest BCUT2D eigenvalue weighted by atomic mass is 32.2. The predicted octanol–water partition coefficient (Wildman–Crippen LogP) is 4.11. The van der Waals surface area contributed by atoms with Gasteiger partial charge in [0.2, 0.25) is 10.0 Å². The van der Waals surface area contributed by atoms with E-state index >= 15 is 0 Å². The van der Waals surface area contributed by atoms with E-state index in [4.69, 9.17) is 24.2 Å². The molecule has 0 aromatic heterocycles. The summed E-state index contributed by atoms with van der Waals surface area (Å²) in [6, 6.07) is 15.1. The molecule has 2 aromatic carbocycles. The van der Waals surface area contributed by atoms with E-state index in [-0.39, 0.29) is 32.0 Å².